The molecule has 0 aliphatic carbocycles. The van der Waals surface area contributed by atoms with Crippen LogP contribution in [0.2, 0.25) is 0 Å². The zero-order valence-electron chi connectivity index (χ0n) is 11.2. The highest BCUT2D eigenvalue weighted by Crippen LogP contribution is 2.32. The fraction of sp³-hybridized carbons (Fsp3) is 0.538. The van der Waals surface area contributed by atoms with Crippen molar-refractivity contribution in [1.82, 2.24) is 4.72 Å². The molecule has 2 rings (SSSR count). The Morgan fingerprint density at radius 2 is 1.95 bits per heavy atom. The van der Waals surface area contributed by atoms with E-state index in [4.69, 9.17) is 9.47 Å². The molecule has 1 N–H and O–H groups in total. The van der Waals surface area contributed by atoms with Gasteiger partial charge >= 0.3 is 0 Å². The molecule has 1 aliphatic rings. The van der Waals surface area contributed by atoms with Gasteiger partial charge in [-0.1, -0.05) is 13.3 Å². The molecule has 0 amide bonds. The Hall–Kier alpha value is -1.27. The van der Waals surface area contributed by atoms with Gasteiger partial charge in [-0.25, -0.2) is 13.1 Å². The molecule has 1 aliphatic heterocycles. The van der Waals surface area contributed by atoms with Crippen LogP contribution in [-0.2, 0) is 10.0 Å². The Balaban J connectivity index is 2.21. The fourth-order valence-corrected chi connectivity index (χ4v) is 3.31. The third-order valence-corrected chi connectivity index (χ3v) is 4.49. The van der Waals surface area contributed by atoms with Crippen molar-refractivity contribution in [2.45, 2.75) is 37.6 Å². The summed E-state index contributed by atoms with van der Waals surface area (Å²) in [6.07, 6.45) is 1.74. The molecule has 106 valence electrons. The van der Waals surface area contributed by atoms with E-state index in [2.05, 4.69) is 4.72 Å². The number of sulfonamides is 1. The molecule has 6 heteroatoms. The normalized spacial score (nSPS) is 16.1. The van der Waals surface area contributed by atoms with Crippen molar-refractivity contribution >= 4 is 10.0 Å². The molecule has 1 aromatic rings. The first-order valence-electron chi connectivity index (χ1n) is 6.45. The summed E-state index contributed by atoms with van der Waals surface area (Å²) in [6.45, 7) is 4.81. The smallest absolute Gasteiger partial charge is 0.240 e. The van der Waals surface area contributed by atoms with E-state index in [-0.39, 0.29) is 10.9 Å². The lowest BCUT2D eigenvalue weighted by atomic mass is 10.2. The first kappa shape index (κ1) is 14.1. The van der Waals surface area contributed by atoms with E-state index < -0.39 is 10.0 Å². The van der Waals surface area contributed by atoms with E-state index in [1.807, 2.05) is 13.8 Å². The lowest BCUT2D eigenvalue weighted by Gasteiger charge is -2.19. The van der Waals surface area contributed by atoms with Crippen LogP contribution in [0.25, 0.3) is 0 Å². The van der Waals surface area contributed by atoms with Crippen LogP contribution in [-0.4, -0.2) is 27.7 Å². The summed E-state index contributed by atoms with van der Waals surface area (Å²) in [5.41, 5.74) is 0. The summed E-state index contributed by atoms with van der Waals surface area (Å²) in [5.74, 6) is 1.07. The van der Waals surface area contributed by atoms with Crippen molar-refractivity contribution in [3.63, 3.8) is 0 Å². The molecule has 0 saturated carbocycles. The van der Waals surface area contributed by atoms with Crippen molar-refractivity contribution in [1.29, 1.82) is 0 Å². The van der Waals surface area contributed by atoms with Crippen LogP contribution < -0.4 is 14.2 Å². The molecular formula is C13H19NO4S. The van der Waals surface area contributed by atoms with E-state index in [1.54, 1.807) is 6.07 Å². The number of hydrogen-bond donors (Lipinski definition) is 1. The van der Waals surface area contributed by atoms with E-state index in [9.17, 15) is 8.42 Å². The molecule has 0 spiro atoms. The summed E-state index contributed by atoms with van der Waals surface area (Å²) < 4.78 is 37.8. The predicted molar refractivity (Wildman–Crippen MR) is 72.1 cm³/mol. The molecule has 0 saturated heterocycles. The van der Waals surface area contributed by atoms with E-state index >= 15 is 0 Å². The Labute approximate surface area is 114 Å². The monoisotopic (exact) mass is 285 g/mol. The minimum Gasteiger partial charge on any atom is -0.486 e. The zero-order chi connectivity index (χ0) is 13.9. The molecule has 1 aromatic carbocycles. The quantitative estimate of drug-likeness (QED) is 0.897. The average Bonchev–Trinajstić information content (AvgIpc) is 2.37. The van der Waals surface area contributed by atoms with Gasteiger partial charge in [0.2, 0.25) is 10.0 Å². The van der Waals surface area contributed by atoms with Crippen LogP contribution in [0.4, 0.5) is 0 Å². The second kappa shape index (κ2) is 5.79. The van der Waals surface area contributed by atoms with Crippen LogP contribution in [0.1, 0.15) is 26.7 Å². The molecule has 0 radical (unpaired) electrons. The zero-order valence-corrected chi connectivity index (χ0v) is 12.0. The maximum absolute atomic E-state index is 12.2. The Kier molecular flexibility index (Phi) is 4.31. The standard InChI is InChI=1S/C13H19NO4S/c1-3-4-10(2)14-19(15,16)11-5-6-12-13(9-11)18-8-7-17-12/h5-6,9-10,14H,3-4,7-8H2,1-2H3/t10-/m0/s1. The number of fused-ring (bicyclic) bond motifs is 1. The molecule has 0 aromatic heterocycles. The van der Waals surface area contributed by atoms with Crippen molar-refractivity contribution in [2.75, 3.05) is 13.2 Å². The second-order valence-corrected chi connectivity index (χ2v) is 6.33. The van der Waals surface area contributed by atoms with E-state index in [1.165, 1.54) is 12.1 Å². The maximum Gasteiger partial charge on any atom is 0.240 e. The van der Waals surface area contributed by atoms with Gasteiger partial charge in [-0.2, -0.15) is 0 Å². The largest absolute Gasteiger partial charge is 0.486 e. The highest BCUT2D eigenvalue weighted by Gasteiger charge is 2.20. The van der Waals surface area contributed by atoms with Crippen molar-refractivity contribution in [3.8, 4) is 11.5 Å². The van der Waals surface area contributed by atoms with Crippen LogP contribution in [0.15, 0.2) is 23.1 Å². The second-order valence-electron chi connectivity index (χ2n) is 4.62. The van der Waals surface area contributed by atoms with Gasteiger partial charge in [-0.05, 0) is 25.5 Å². The highest BCUT2D eigenvalue weighted by molar-refractivity contribution is 7.89. The van der Waals surface area contributed by atoms with Crippen molar-refractivity contribution < 1.29 is 17.9 Å². The Morgan fingerprint density at radius 1 is 1.26 bits per heavy atom. The minimum atomic E-state index is -3.50. The lowest BCUT2D eigenvalue weighted by Crippen LogP contribution is -2.32. The SMILES string of the molecule is CCC[C@H](C)NS(=O)(=O)c1ccc2c(c1)OCCO2. The van der Waals surface area contributed by atoms with Gasteiger partial charge in [0, 0.05) is 12.1 Å². The summed E-state index contributed by atoms with van der Waals surface area (Å²) >= 11 is 0. The summed E-state index contributed by atoms with van der Waals surface area (Å²) in [4.78, 5) is 0.208. The van der Waals surface area contributed by atoms with Gasteiger partial charge in [0.25, 0.3) is 0 Å². The maximum atomic E-state index is 12.2. The van der Waals surface area contributed by atoms with Gasteiger partial charge in [0.1, 0.15) is 13.2 Å². The molecule has 19 heavy (non-hydrogen) atoms. The third kappa shape index (κ3) is 3.39. The topological polar surface area (TPSA) is 64.6 Å². The molecule has 1 heterocycles. The molecule has 5 nitrogen and oxygen atoms in total. The van der Waals surface area contributed by atoms with Crippen LogP contribution in [0.3, 0.4) is 0 Å². The van der Waals surface area contributed by atoms with E-state index in [0.717, 1.165) is 12.8 Å². The van der Waals surface area contributed by atoms with Crippen molar-refractivity contribution in [2.24, 2.45) is 0 Å². The first-order chi connectivity index (χ1) is 9.03. The molecule has 0 unspecified atom stereocenters. The van der Waals surface area contributed by atoms with Gasteiger partial charge in [0.15, 0.2) is 11.5 Å². The third-order valence-electron chi connectivity index (χ3n) is 2.90. The Bertz CT molecular complexity index is 542. The lowest BCUT2D eigenvalue weighted by molar-refractivity contribution is 0.171. The molecule has 1 atom stereocenters. The van der Waals surface area contributed by atoms with Crippen LogP contribution in [0, 0.1) is 0 Å². The van der Waals surface area contributed by atoms with Crippen LogP contribution in [0.5, 0.6) is 11.5 Å². The van der Waals surface area contributed by atoms with Gasteiger partial charge in [-0.3, -0.25) is 0 Å². The molecule has 0 fully saturated rings. The molecule has 0 bridgehead atoms. The fourth-order valence-electron chi connectivity index (χ4n) is 2.02. The summed E-state index contributed by atoms with van der Waals surface area (Å²) in [7, 11) is -3.50. The van der Waals surface area contributed by atoms with Gasteiger partial charge in [-0.15, -0.1) is 0 Å². The number of hydrogen-bond acceptors (Lipinski definition) is 4. The number of nitrogens with one attached hydrogen (secondary N) is 1. The molecular weight excluding hydrogens is 266 g/mol. The summed E-state index contributed by atoms with van der Waals surface area (Å²) in [5, 5.41) is 0. The average molecular weight is 285 g/mol. The first-order valence-corrected chi connectivity index (χ1v) is 7.93. The van der Waals surface area contributed by atoms with Crippen LogP contribution >= 0.6 is 0 Å². The highest BCUT2D eigenvalue weighted by atomic mass is 32.2. The van der Waals surface area contributed by atoms with Gasteiger partial charge in [0.05, 0.1) is 4.90 Å². The summed E-state index contributed by atoms with van der Waals surface area (Å²) in [6, 6.07) is 4.60. The number of ether oxygens (including phenoxy) is 2. The number of rotatable bonds is 5. The van der Waals surface area contributed by atoms with Gasteiger partial charge < -0.3 is 9.47 Å². The predicted octanol–water partition coefficient (Wildman–Crippen LogP) is 1.92. The number of benzene rings is 1. The Morgan fingerprint density at radius 3 is 2.63 bits per heavy atom. The van der Waals surface area contributed by atoms with Crippen molar-refractivity contribution in [3.05, 3.63) is 18.2 Å². The van der Waals surface area contributed by atoms with E-state index in [0.29, 0.717) is 24.7 Å². The minimum absolute atomic E-state index is 0.0804.